The van der Waals surface area contributed by atoms with E-state index in [0.717, 1.165) is 25.9 Å². The first-order valence-electron chi connectivity index (χ1n) is 11.7. The van der Waals surface area contributed by atoms with E-state index in [0.29, 0.717) is 32.1 Å². The fourth-order valence-corrected chi connectivity index (χ4v) is 7.20. The van der Waals surface area contributed by atoms with Crippen LogP contribution in [0.25, 0.3) is 0 Å². The third-order valence-electron chi connectivity index (χ3n) is 9.05. The summed E-state index contributed by atoms with van der Waals surface area (Å²) in [6.45, 7) is 8.49. The summed E-state index contributed by atoms with van der Waals surface area (Å²) in [6.07, 6.45) is 2.71. The Kier molecular flexibility index (Phi) is 4.00. The molecule has 0 bridgehead atoms. The predicted molar refractivity (Wildman–Crippen MR) is 116 cm³/mol. The van der Waals surface area contributed by atoms with Crippen molar-refractivity contribution in [1.82, 2.24) is 4.90 Å². The molecule has 6 rings (SSSR count). The van der Waals surface area contributed by atoms with Crippen LogP contribution in [0.4, 0.5) is 0 Å². The zero-order valence-corrected chi connectivity index (χ0v) is 19.0. The number of fused-ring (bicyclic) bond motifs is 3. The molecule has 2 spiro atoms. The Morgan fingerprint density at radius 3 is 2.53 bits per heavy atom. The number of nitrogens with zero attached hydrogens (tertiary/aromatic N) is 2. The number of carbonyl (C=O) groups is 2. The van der Waals surface area contributed by atoms with Crippen LogP contribution in [0.15, 0.2) is 29.3 Å². The van der Waals surface area contributed by atoms with Gasteiger partial charge in [0.2, 0.25) is 0 Å². The molecule has 4 atom stereocenters. The van der Waals surface area contributed by atoms with Crippen LogP contribution >= 0.6 is 0 Å². The SMILES string of the molecule is CCOC(=O)C1[C@]2(C)CC3(C[C@]12C)OC(N1CCC2(CC1)OCc1ccccc12)=NC3=O. The number of aliphatic imine (C=N–C) groups is 1. The van der Waals surface area contributed by atoms with Crippen molar-refractivity contribution in [2.45, 2.75) is 64.3 Å². The first kappa shape index (κ1) is 20.2. The maximum absolute atomic E-state index is 13.0. The van der Waals surface area contributed by atoms with Crippen molar-refractivity contribution in [2.75, 3.05) is 19.7 Å². The lowest BCUT2D eigenvalue weighted by molar-refractivity contribution is -0.148. The van der Waals surface area contributed by atoms with Gasteiger partial charge in [-0.25, -0.2) is 0 Å². The van der Waals surface area contributed by atoms with Crippen LogP contribution in [0.1, 0.15) is 57.6 Å². The Hall–Kier alpha value is -2.41. The fraction of sp³-hybridized carbons (Fsp3) is 0.640. The summed E-state index contributed by atoms with van der Waals surface area (Å²) in [7, 11) is 0. The summed E-state index contributed by atoms with van der Waals surface area (Å²) >= 11 is 0. The van der Waals surface area contributed by atoms with Gasteiger partial charge in [0.1, 0.15) is 0 Å². The van der Waals surface area contributed by atoms with Crippen molar-refractivity contribution in [1.29, 1.82) is 0 Å². The van der Waals surface area contributed by atoms with E-state index in [1.165, 1.54) is 11.1 Å². The first-order valence-corrected chi connectivity index (χ1v) is 11.7. The molecular weight excluding hydrogens is 408 g/mol. The molecule has 0 radical (unpaired) electrons. The van der Waals surface area contributed by atoms with Gasteiger partial charge in [-0.1, -0.05) is 38.1 Å². The average Bonchev–Trinajstić information content (AvgIpc) is 3.08. The van der Waals surface area contributed by atoms with E-state index in [1.54, 1.807) is 0 Å². The molecule has 1 aromatic rings. The fourth-order valence-electron chi connectivity index (χ4n) is 7.20. The summed E-state index contributed by atoms with van der Waals surface area (Å²) in [5, 5.41) is 0. The molecule has 2 saturated carbocycles. The zero-order chi connectivity index (χ0) is 22.4. The molecule has 1 amide bonds. The number of ether oxygens (including phenoxy) is 3. The van der Waals surface area contributed by atoms with E-state index in [2.05, 4.69) is 48.0 Å². The van der Waals surface area contributed by atoms with E-state index < -0.39 is 5.60 Å². The molecule has 7 nitrogen and oxygen atoms in total. The van der Waals surface area contributed by atoms with E-state index in [1.807, 2.05) is 6.92 Å². The highest BCUT2D eigenvalue weighted by Gasteiger charge is 2.83. The van der Waals surface area contributed by atoms with E-state index >= 15 is 0 Å². The number of hydrogen-bond acceptors (Lipinski definition) is 6. The van der Waals surface area contributed by atoms with Gasteiger partial charge in [-0.05, 0) is 41.7 Å². The monoisotopic (exact) mass is 438 g/mol. The second kappa shape index (κ2) is 6.34. The van der Waals surface area contributed by atoms with Gasteiger partial charge in [-0.3, -0.25) is 9.59 Å². The van der Waals surface area contributed by atoms with Crippen molar-refractivity contribution >= 4 is 17.9 Å². The van der Waals surface area contributed by atoms with Gasteiger partial charge in [0.15, 0.2) is 5.60 Å². The highest BCUT2D eigenvalue weighted by Crippen LogP contribution is 2.80. The van der Waals surface area contributed by atoms with Crippen LogP contribution < -0.4 is 0 Å². The molecule has 1 saturated heterocycles. The number of esters is 1. The molecule has 0 aromatic heterocycles. The van der Waals surface area contributed by atoms with Gasteiger partial charge in [0, 0.05) is 25.9 Å². The molecule has 2 unspecified atom stereocenters. The van der Waals surface area contributed by atoms with E-state index in [-0.39, 0.29) is 34.2 Å². The molecule has 5 aliphatic rings. The van der Waals surface area contributed by atoms with Gasteiger partial charge < -0.3 is 19.1 Å². The second-order valence-corrected chi connectivity index (χ2v) is 10.6. The van der Waals surface area contributed by atoms with Gasteiger partial charge in [0.25, 0.3) is 11.9 Å². The Labute approximate surface area is 188 Å². The minimum Gasteiger partial charge on any atom is -0.466 e. The van der Waals surface area contributed by atoms with Gasteiger partial charge >= 0.3 is 5.97 Å². The van der Waals surface area contributed by atoms with Gasteiger partial charge in [-0.15, -0.1) is 0 Å². The van der Waals surface area contributed by atoms with Crippen molar-refractivity contribution in [3.63, 3.8) is 0 Å². The topological polar surface area (TPSA) is 77.4 Å². The lowest BCUT2D eigenvalue weighted by Crippen LogP contribution is -2.47. The Morgan fingerprint density at radius 1 is 1.16 bits per heavy atom. The summed E-state index contributed by atoms with van der Waals surface area (Å²) in [6, 6.07) is 8.88. The van der Waals surface area contributed by atoms with Crippen LogP contribution in [-0.4, -0.2) is 48.1 Å². The van der Waals surface area contributed by atoms with E-state index in [4.69, 9.17) is 14.2 Å². The molecule has 1 aromatic carbocycles. The predicted octanol–water partition coefficient (Wildman–Crippen LogP) is 3.16. The first-order chi connectivity index (χ1) is 15.3. The number of benzene rings is 1. The summed E-state index contributed by atoms with van der Waals surface area (Å²) in [5.41, 5.74) is 0.820. The third-order valence-corrected chi connectivity index (χ3v) is 9.05. The molecule has 0 N–H and O–H groups in total. The minimum atomic E-state index is -0.937. The number of hydrogen-bond donors (Lipinski definition) is 0. The highest BCUT2D eigenvalue weighted by molar-refractivity contribution is 6.02. The molecule has 7 heteroatoms. The standard InChI is InChI=1S/C25H30N2O5/c1-4-30-19(28)18-22(2)14-25(15-23(18,22)3)20(29)26-21(32-25)27-11-9-24(10-12-27)17-8-6-5-7-16(17)13-31-24/h5-8,18H,4,9-15H2,1-3H3/t18?,22-,23+,25?. The third kappa shape index (κ3) is 2.43. The Balaban J connectivity index is 1.15. The summed E-state index contributed by atoms with van der Waals surface area (Å²) in [5.74, 6) is -0.528. The lowest BCUT2D eigenvalue weighted by Gasteiger charge is -2.40. The Bertz CT molecular complexity index is 1020. The van der Waals surface area contributed by atoms with Crippen LogP contribution in [0.2, 0.25) is 0 Å². The van der Waals surface area contributed by atoms with Crippen molar-refractivity contribution in [3.05, 3.63) is 35.4 Å². The average molecular weight is 439 g/mol. The molecule has 3 fully saturated rings. The van der Waals surface area contributed by atoms with Crippen LogP contribution in [-0.2, 0) is 36.0 Å². The molecule has 3 heterocycles. The molecule has 32 heavy (non-hydrogen) atoms. The lowest BCUT2D eigenvalue weighted by atomic mass is 9.84. The van der Waals surface area contributed by atoms with Crippen LogP contribution in [0, 0.1) is 16.7 Å². The molecule has 170 valence electrons. The van der Waals surface area contributed by atoms with Crippen molar-refractivity contribution in [3.8, 4) is 0 Å². The minimum absolute atomic E-state index is 0.155. The Morgan fingerprint density at radius 2 is 1.84 bits per heavy atom. The number of amidine groups is 1. The van der Waals surface area contributed by atoms with Crippen molar-refractivity contribution < 1.29 is 23.8 Å². The number of likely N-dealkylation sites (tertiary alicyclic amines) is 1. The van der Waals surface area contributed by atoms with Crippen molar-refractivity contribution in [2.24, 2.45) is 21.7 Å². The molecule has 2 aliphatic carbocycles. The number of piperidine rings is 1. The van der Waals surface area contributed by atoms with Gasteiger partial charge in [0.05, 0.1) is 24.7 Å². The molecule has 3 aliphatic heterocycles. The second-order valence-electron chi connectivity index (χ2n) is 10.6. The zero-order valence-electron chi connectivity index (χ0n) is 19.0. The number of amides is 1. The smallest absolute Gasteiger partial charge is 0.310 e. The number of rotatable bonds is 2. The maximum Gasteiger partial charge on any atom is 0.310 e. The largest absolute Gasteiger partial charge is 0.466 e. The summed E-state index contributed by atoms with van der Waals surface area (Å²) in [4.78, 5) is 31.9. The maximum atomic E-state index is 13.0. The quantitative estimate of drug-likeness (QED) is 0.660. The summed E-state index contributed by atoms with van der Waals surface area (Å²) < 4.78 is 17.9. The highest BCUT2D eigenvalue weighted by atomic mass is 16.5. The number of carbonyl (C=O) groups excluding carboxylic acids is 2. The van der Waals surface area contributed by atoms with E-state index in [9.17, 15) is 9.59 Å². The van der Waals surface area contributed by atoms with Crippen LogP contribution in [0.3, 0.4) is 0 Å². The van der Waals surface area contributed by atoms with Crippen LogP contribution in [0.5, 0.6) is 0 Å². The normalized spacial score (nSPS) is 38.5. The van der Waals surface area contributed by atoms with Gasteiger partial charge in [-0.2, -0.15) is 4.99 Å². The molecular formula is C25H30N2O5.